The van der Waals surface area contributed by atoms with Gasteiger partial charge >= 0.3 is 0 Å². The zero-order chi connectivity index (χ0) is 19.8. The van der Waals surface area contributed by atoms with E-state index in [1.807, 2.05) is 11.0 Å². The molecule has 29 heavy (non-hydrogen) atoms. The lowest BCUT2D eigenvalue weighted by molar-refractivity contribution is 0.0736. The molecule has 1 amide bonds. The Kier molecular flexibility index (Phi) is 4.85. The molecule has 8 heteroatoms. The van der Waals surface area contributed by atoms with E-state index >= 15 is 0 Å². The first-order valence-corrected chi connectivity index (χ1v) is 10.8. The molecular weight excluding hydrogens is 368 g/mol. The molecule has 154 valence electrons. The number of nitrogens with zero attached hydrogens (tertiary/aromatic N) is 6. The van der Waals surface area contributed by atoms with Gasteiger partial charge in [-0.1, -0.05) is 5.16 Å². The summed E-state index contributed by atoms with van der Waals surface area (Å²) in [5, 5.41) is 12.9. The van der Waals surface area contributed by atoms with Crippen LogP contribution >= 0.6 is 0 Å². The molecule has 0 N–H and O–H groups in total. The number of anilines is 2. The van der Waals surface area contributed by atoms with Crippen LogP contribution in [0.4, 0.5) is 11.6 Å². The maximum Gasteiger partial charge on any atom is 0.276 e. The Labute approximate surface area is 170 Å². The minimum atomic E-state index is -0.0409. The first-order valence-electron chi connectivity index (χ1n) is 10.8. The van der Waals surface area contributed by atoms with Gasteiger partial charge in [-0.15, -0.1) is 10.2 Å². The van der Waals surface area contributed by atoms with E-state index in [0.29, 0.717) is 30.7 Å². The molecule has 1 aliphatic carbocycles. The third-order valence-electron chi connectivity index (χ3n) is 6.35. The number of hydrogen-bond donors (Lipinski definition) is 0. The summed E-state index contributed by atoms with van der Waals surface area (Å²) < 4.78 is 5.33. The van der Waals surface area contributed by atoms with Crippen LogP contribution < -0.4 is 9.80 Å². The smallest absolute Gasteiger partial charge is 0.276 e. The van der Waals surface area contributed by atoms with E-state index in [0.717, 1.165) is 49.9 Å². The summed E-state index contributed by atoms with van der Waals surface area (Å²) in [6.07, 6.45) is 6.00. The van der Waals surface area contributed by atoms with Crippen LogP contribution in [-0.4, -0.2) is 64.9 Å². The lowest BCUT2D eigenvalue weighted by Gasteiger charge is -2.36. The molecule has 3 aliphatic rings. The van der Waals surface area contributed by atoms with Crippen LogP contribution in [0, 0.1) is 0 Å². The van der Waals surface area contributed by atoms with Crippen molar-refractivity contribution in [3.8, 4) is 0 Å². The summed E-state index contributed by atoms with van der Waals surface area (Å²) in [6, 6.07) is 6.48. The fourth-order valence-corrected chi connectivity index (χ4v) is 4.33. The van der Waals surface area contributed by atoms with E-state index in [9.17, 15) is 4.79 Å². The van der Waals surface area contributed by atoms with E-state index in [1.54, 1.807) is 0 Å². The molecular formula is C21H28N6O2. The third kappa shape index (κ3) is 3.80. The molecule has 2 aromatic rings. The van der Waals surface area contributed by atoms with Crippen molar-refractivity contribution in [1.29, 1.82) is 0 Å². The van der Waals surface area contributed by atoms with Gasteiger partial charge in [-0.3, -0.25) is 4.79 Å². The number of aromatic nitrogens is 3. The van der Waals surface area contributed by atoms with Crippen LogP contribution in [0.15, 0.2) is 22.7 Å². The first kappa shape index (κ1) is 18.4. The molecule has 8 nitrogen and oxygen atoms in total. The van der Waals surface area contributed by atoms with Crippen molar-refractivity contribution in [3.63, 3.8) is 0 Å². The number of piperazine rings is 1. The van der Waals surface area contributed by atoms with Gasteiger partial charge in [0.25, 0.3) is 5.91 Å². The van der Waals surface area contributed by atoms with Crippen molar-refractivity contribution in [2.24, 2.45) is 0 Å². The van der Waals surface area contributed by atoms with Crippen LogP contribution in [0.1, 0.15) is 61.2 Å². The molecule has 0 radical (unpaired) electrons. The number of piperidine rings is 1. The monoisotopic (exact) mass is 396 g/mol. The number of carbonyl (C=O) groups is 1. The highest BCUT2D eigenvalue weighted by molar-refractivity contribution is 5.92. The van der Waals surface area contributed by atoms with Crippen molar-refractivity contribution < 1.29 is 9.32 Å². The van der Waals surface area contributed by atoms with Crippen LogP contribution in [0.3, 0.4) is 0 Å². The zero-order valence-corrected chi connectivity index (χ0v) is 17.0. The Morgan fingerprint density at radius 3 is 2.45 bits per heavy atom. The van der Waals surface area contributed by atoms with Crippen molar-refractivity contribution >= 4 is 17.5 Å². The molecule has 0 aromatic carbocycles. The maximum absolute atomic E-state index is 12.7. The normalized spacial score (nSPS) is 22.8. The molecule has 0 bridgehead atoms. The van der Waals surface area contributed by atoms with Crippen molar-refractivity contribution in [3.05, 3.63) is 29.7 Å². The van der Waals surface area contributed by atoms with E-state index < -0.39 is 0 Å². The fraction of sp³-hybridized carbons (Fsp3) is 0.619. The Balaban J connectivity index is 1.18. The first-order chi connectivity index (χ1) is 14.2. The van der Waals surface area contributed by atoms with Crippen molar-refractivity contribution in [1.82, 2.24) is 20.3 Å². The molecule has 2 saturated heterocycles. The number of hydrogen-bond acceptors (Lipinski definition) is 7. The second kappa shape index (κ2) is 7.65. The van der Waals surface area contributed by atoms with Gasteiger partial charge in [-0.25, -0.2) is 0 Å². The highest BCUT2D eigenvalue weighted by Gasteiger charge is 2.31. The van der Waals surface area contributed by atoms with Crippen molar-refractivity contribution in [2.75, 3.05) is 42.5 Å². The number of amides is 1. The van der Waals surface area contributed by atoms with Crippen LogP contribution in [0.5, 0.6) is 0 Å². The standard InChI is InChI=1S/C21H28N6O2/c1-15-4-2-3-9-27(15)20-8-7-19(22-23-20)25-10-12-26(13-11-25)21(28)17-14-18(29-24-17)16-5-6-16/h7-8,14-16H,2-6,9-13H2,1H3. The average molecular weight is 396 g/mol. The summed E-state index contributed by atoms with van der Waals surface area (Å²) in [7, 11) is 0. The van der Waals surface area contributed by atoms with Gasteiger partial charge < -0.3 is 19.2 Å². The van der Waals surface area contributed by atoms with Gasteiger partial charge in [0.15, 0.2) is 17.3 Å². The summed E-state index contributed by atoms with van der Waals surface area (Å²) in [5.74, 6) is 3.12. The summed E-state index contributed by atoms with van der Waals surface area (Å²) in [5.41, 5.74) is 0.431. The number of rotatable bonds is 4. The predicted molar refractivity (Wildman–Crippen MR) is 109 cm³/mol. The summed E-state index contributed by atoms with van der Waals surface area (Å²) >= 11 is 0. The molecule has 5 rings (SSSR count). The van der Waals surface area contributed by atoms with Gasteiger partial charge in [0.05, 0.1) is 0 Å². The molecule has 1 unspecified atom stereocenters. The minimum Gasteiger partial charge on any atom is -0.360 e. The van der Waals surface area contributed by atoms with Crippen LogP contribution in [0.25, 0.3) is 0 Å². The van der Waals surface area contributed by atoms with Gasteiger partial charge in [-0.05, 0) is 51.2 Å². The lowest BCUT2D eigenvalue weighted by atomic mass is 10.0. The molecule has 1 saturated carbocycles. The molecule has 0 spiro atoms. The van der Waals surface area contributed by atoms with Crippen LogP contribution in [0.2, 0.25) is 0 Å². The second-order valence-corrected chi connectivity index (χ2v) is 8.46. The SMILES string of the molecule is CC1CCCCN1c1ccc(N2CCN(C(=O)c3cc(C4CC4)on3)CC2)nn1. The van der Waals surface area contributed by atoms with Crippen molar-refractivity contribution in [2.45, 2.75) is 51.0 Å². The highest BCUT2D eigenvalue weighted by atomic mass is 16.5. The predicted octanol–water partition coefficient (Wildman–Crippen LogP) is 2.68. The van der Waals surface area contributed by atoms with Gasteiger partial charge in [0.2, 0.25) is 0 Å². The van der Waals surface area contributed by atoms with Gasteiger partial charge in [0, 0.05) is 50.7 Å². The zero-order valence-electron chi connectivity index (χ0n) is 17.0. The molecule has 2 aliphatic heterocycles. The number of carbonyl (C=O) groups excluding carboxylic acids is 1. The molecule has 3 fully saturated rings. The Hall–Kier alpha value is -2.64. The highest BCUT2D eigenvalue weighted by Crippen LogP contribution is 2.40. The Morgan fingerprint density at radius 2 is 1.76 bits per heavy atom. The quantitative estimate of drug-likeness (QED) is 0.786. The molecule has 4 heterocycles. The minimum absolute atomic E-state index is 0.0409. The summed E-state index contributed by atoms with van der Waals surface area (Å²) in [4.78, 5) is 19.1. The van der Waals surface area contributed by atoms with E-state index in [-0.39, 0.29) is 5.91 Å². The largest absolute Gasteiger partial charge is 0.360 e. The Bertz CT molecular complexity index is 854. The topological polar surface area (TPSA) is 78.6 Å². The molecule has 1 atom stereocenters. The van der Waals surface area contributed by atoms with Gasteiger partial charge in [0.1, 0.15) is 5.76 Å². The third-order valence-corrected chi connectivity index (χ3v) is 6.35. The second-order valence-electron chi connectivity index (χ2n) is 8.46. The Morgan fingerprint density at radius 1 is 1.00 bits per heavy atom. The van der Waals surface area contributed by atoms with E-state index in [2.05, 4.69) is 44.2 Å². The fourth-order valence-electron chi connectivity index (χ4n) is 4.33. The lowest BCUT2D eigenvalue weighted by Crippen LogP contribution is -2.49. The van der Waals surface area contributed by atoms with E-state index in [1.165, 1.54) is 19.3 Å². The van der Waals surface area contributed by atoms with Crippen LogP contribution in [-0.2, 0) is 0 Å². The molecule has 2 aromatic heterocycles. The summed E-state index contributed by atoms with van der Waals surface area (Å²) in [6.45, 7) is 6.10. The maximum atomic E-state index is 12.7. The van der Waals surface area contributed by atoms with E-state index in [4.69, 9.17) is 4.52 Å². The average Bonchev–Trinajstić information content (AvgIpc) is 3.50. The van der Waals surface area contributed by atoms with Gasteiger partial charge in [-0.2, -0.15) is 0 Å².